The molecule has 81 valence electrons. The molecule has 0 saturated carbocycles. The number of benzene rings is 1. The smallest absolute Gasteiger partial charge is 0.155 e. The van der Waals surface area contributed by atoms with Crippen LogP contribution in [0.25, 0.3) is 0 Å². The topological polar surface area (TPSA) is 50.9 Å². The van der Waals surface area contributed by atoms with Crippen LogP contribution in [0.1, 0.15) is 5.56 Å². The minimum Gasteiger partial charge on any atom is -0.396 e. The van der Waals surface area contributed by atoms with Crippen molar-refractivity contribution in [2.24, 2.45) is 0 Å². The molecule has 0 unspecified atom stereocenters. The molecule has 0 atom stereocenters. The molecule has 0 fully saturated rings. The number of nitrogens with zero attached hydrogens (tertiary/aromatic N) is 1. The molecule has 2 aromatic rings. The Bertz CT molecular complexity index is 497. The largest absolute Gasteiger partial charge is 0.396 e. The molecule has 16 heavy (non-hydrogen) atoms. The molecule has 0 spiro atoms. The zero-order valence-electron chi connectivity index (χ0n) is 8.79. The van der Waals surface area contributed by atoms with Crippen LogP contribution in [0.15, 0.2) is 30.3 Å². The van der Waals surface area contributed by atoms with Crippen LogP contribution in [-0.4, -0.2) is 4.98 Å². The van der Waals surface area contributed by atoms with E-state index in [4.69, 9.17) is 17.3 Å². The van der Waals surface area contributed by atoms with Crippen LogP contribution in [0.5, 0.6) is 0 Å². The second kappa shape index (κ2) is 4.41. The van der Waals surface area contributed by atoms with Gasteiger partial charge in [-0.1, -0.05) is 23.7 Å². The monoisotopic (exact) mass is 232 g/mol. The van der Waals surface area contributed by atoms with Crippen molar-refractivity contribution in [2.45, 2.75) is 6.92 Å². The summed E-state index contributed by atoms with van der Waals surface area (Å²) in [5.41, 5.74) is 8.16. The van der Waals surface area contributed by atoms with E-state index in [1.54, 1.807) is 6.07 Å². The van der Waals surface area contributed by atoms with E-state index in [0.717, 1.165) is 11.3 Å². The summed E-state index contributed by atoms with van der Waals surface area (Å²) >= 11 is 5.94. The molecular formula is C12H11ClN3. The highest BCUT2D eigenvalue weighted by Crippen LogP contribution is 2.25. The number of aromatic nitrogens is 1. The number of hydrogen-bond acceptors (Lipinski definition) is 3. The second-order valence-electron chi connectivity index (χ2n) is 3.45. The number of nitrogen functional groups attached to an aromatic ring is 1. The van der Waals surface area contributed by atoms with Crippen molar-refractivity contribution in [1.82, 2.24) is 4.98 Å². The SMILES string of the molecule is Cc1cc(N)c(Nc2c[c]ccc2)nc1Cl. The van der Waals surface area contributed by atoms with Gasteiger partial charge in [0.25, 0.3) is 0 Å². The molecule has 0 saturated heterocycles. The van der Waals surface area contributed by atoms with Crippen molar-refractivity contribution < 1.29 is 0 Å². The zero-order valence-corrected chi connectivity index (χ0v) is 9.55. The molecule has 3 nitrogen and oxygen atoms in total. The summed E-state index contributed by atoms with van der Waals surface area (Å²) in [6.45, 7) is 1.87. The molecule has 0 aliphatic carbocycles. The molecule has 1 radical (unpaired) electrons. The van der Waals surface area contributed by atoms with Crippen LogP contribution in [0, 0.1) is 13.0 Å². The summed E-state index contributed by atoms with van der Waals surface area (Å²) in [5.74, 6) is 0.565. The van der Waals surface area contributed by atoms with Gasteiger partial charge in [-0.25, -0.2) is 4.98 Å². The van der Waals surface area contributed by atoms with E-state index in [9.17, 15) is 0 Å². The summed E-state index contributed by atoms with van der Waals surface area (Å²) < 4.78 is 0. The fourth-order valence-corrected chi connectivity index (χ4v) is 1.46. The summed E-state index contributed by atoms with van der Waals surface area (Å²) in [6, 6.07) is 12.2. The Labute approximate surface area is 99.3 Å². The number of aryl methyl sites for hydroxylation is 1. The van der Waals surface area contributed by atoms with Crippen LogP contribution in [0.2, 0.25) is 5.15 Å². The Hall–Kier alpha value is -1.74. The molecule has 3 N–H and O–H groups in total. The summed E-state index contributed by atoms with van der Waals surface area (Å²) in [6.07, 6.45) is 0. The highest BCUT2D eigenvalue weighted by atomic mass is 35.5. The Balaban J connectivity index is 2.32. The van der Waals surface area contributed by atoms with Gasteiger partial charge in [-0.05, 0) is 36.8 Å². The summed E-state index contributed by atoms with van der Waals surface area (Å²) in [5, 5.41) is 3.54. The molecule has 1 aromatic heterocycles. The first-order valence-corrected chi connectivity index (χ1v) is 5.20. The van der Waals surface area contributed by atoms with Gasteiger partial charge in [0.1, 0.15) is 5.15 Å². The van der Waals surface area contributed by atoms with E-state index in [1.165, 1.54) is 0 Å². The van der Waals surface area contributed by atoms with Crippen molar-refractivity contribution in [3.63, 3.8) is 0 Å². The highest BCUT2D eigenvalue weighted by molar-refractivity contribution is 6.30. The van der Waals surface area contributed by atoms with E-state index in [-0.39, 0.29) is 0 Å². The first-order chi connectivity index (χ1) is 7.66. The number of halogens is 1. The first kappa shape index (κ1) is 10.8. The summed E-state index contributed by atoms with van der Waals surface area (Å²) in [4.78, 5) is 4.18. The van der Waals surface area contributed by atoms with Crippen LogP contribution >= 0.6 is 11.6 Å². The van der Waals surface area contributed by atoms with Crippen LogP contribution in [0.4, 0.5) is 17.2 Å². The molecule has 4 heteroatoms. The number of nitrogens with two attached hydrogens (primary N) is 1. The van der Waals surface area contributed by atoms with Gasteiger partial charge in [-0.3, -0.25) is 0 Å². The van der Waals surface area contributed by atoms with Gasteiger partial charge < -0.3 is 11.1 Å². The maximum absolute atomic E-state index is 5.94. The molecule has 1 aromatic carbocycles. The van der Waals surface area contributed by atoms with Crippen LogP contribution in [0.3, 0.4) is 0 Å². The average Bonchev–Trinajstić information content (AvgIpc) is 2.27. The molecule has 0 aliphatic heterocycles. The Kier molecular flexibility index (Phi) is 2.97. The maximum Gasteiger partial charge on any atom is 0.155 e. The van der Waals surface area contributed by atoms with Crippen molar-refractivity contribution >= 4 is 28.8 Å². The van der Waals surface area contributed by atoms with Gasteiger partial charge in [-0.15, -0.1) is 0 Å². The minimum atomic E-state index is 0.455. The van der Waals surface area contributed by atoms with Crippen molar-refractivity contribution in [1.29, 1.82) is 0 Å². The van der Waals surface area contributed by atoms with Gasteiger partial charge in [0, 0.05) is 5.69 Å². The lowest BCUT2D eigenvalue weighted by Gasteiger charge is -2.09. The van der Waals surface area contributed by atoms with E-state index in [0.29, 0.717) is 16.7 Å². The van der Waals surface area contributed by atoms with Crippen LogP contribution < -0.4 is 11.1 Å². The number of nitrogens with one attached hydrogen (secondary N) is 1. The van der Waals surface area contributed by atoms with E-state index >= 15 is 0 Å². The molecule has 1 heterocycles. The van der Waals surface area contributed by atoms with E-state index in [2.05, 4.69) is 16.4 Å². The Morgan fingerprint density at radius 1 is 1.50 bits per heavy atom. The fourth-order valence-electron chi connectivity index (χ4n) is 1.32. The lowest BCUT2D eigenvalue weighted by atomic mass is 10.2. The predicted octanol–water partition coefficient (Wildman–Crippen LogP) is 3.17. The highest BCUT2D eigenvalue weighted by Gasteiger charge is 2.05. The lowest BCUT2D eigenvalue weighted by molar-refractivity contribution is 1.26. The first-order valence-electron chi connectivity index (χ1n) is 4.82. The normalized spacial score (nSPS) is 10.1. The fraction of sp³-hybridized carbons (Fsp3) is 0.0833. The molecule has 0 aliphatic rings. The third-order valence-electron chi connectivity index (χ3n) is 2.15. The third-order valence-corrected chi connectivity index (χ3v) is 2.53. The average molecular weight is 233 g/mol. The van der Waals surface area contributed by atoms with Crippen molar-refractivity contribution in [2.75, 3.05) is 11.1 Å². The van der Waals surface area contributed by atoms with Gasteiger partial charge in [0.05, 0.1) is 5.69 Å². The number of anilines is 3. The number of rotatable bonds is 2. The zero-order chi connectivity index (χ0) is 11.5. The van der Waals surface area contributed by atoms with Crippen molar-refractivity contribution in [3.8, 4) is 0 Å². The van der Waals surface area contributed by atoms with Crippen molar-refractivity contribution in [3.05, 3.63) is 47.1 Å². The lowest BCUT2D eigenvalue weighted by Crippen LogP contribution is -2.00. The Morgan fingerprint density at radius 2 is 2.31 bits per heavy atom. The van der Waals surface area contributed by atoms with E-state index < -0.39 is 0 Å². The quantitative estimate of drug-likeness (QED) is 0.782. The van der Waals surface area contributed by atoms with Gasteiger partial charge in [0.2, 0.25) is 0 Å². The number of hydrogen-bond donors (Lipinski definition) is 2. The third kappa shape index (κ3) is 2.25. The van der Waals surface area contributed by atoms with E-state index in [1.807, 2.05) is 31.2 Å². The summed E-state index contributed by atoms with van der Waals surface area (Å²) in [7, 11) is 0. The maximum atomic E-state index is 5.94. The Morgan fingerprint density at radius 3 is 3.00 bits per heavy atom. The molecule has 0 amide bonds. The number of pyridine rings is 1. The van der Waals surface area contributed by atoms with Gasteiger partial charge in [0.15, 0.2) is 5.82 Å². The van der Waals surface area contributed by atoms with Gasteiger partial charge in [-0.2, -0.15) is 0 Å². The van der Waals surface area contributed by atoms with Gasteiger partial charge >= 0.3 is 0 Å². The predicted molar refractivity (Wildman–Crippen MR) is 67.0 cm³/mol. The minimum absolute atomic E-state index is 0.455. The standard InChI is InChI=1S/C12H11ClN3/c1-8-7-10(14)12(16-11(8)13)15-9-5-3-2-4-6-9/h2-3,5-7H,14H2,1H3,(H,15,16). The van der Waals surface area contributed by atoms with Crippen LogP contribution in [-0.2, 0) is 0 Å². The second-order valence-corrected chi connectivity index (χ2v) is 3.81. The molecular weight excluding hydrogens is 222 g/mol. The molecule has 2 rings (SSSR count). The molecule has 0 bridgehead atoms.